The maximum absolute atomic E-state index is 13.4. The normalized spacial score (nSPS) is 11.6. The van der Waals surface area contributed by atoms with Gasteiger partial charge in [-0.15, -0.1) is 0 Å². The summed E-state index contributed by atoms with van der Waals surface area (Å²) in [5.74, 6) is 0.0484. The average molecular weight is 389 g/mol. The van der Waals surface area contributed by atoms with Crippen LogP contribution in [0.2, 0.25) is 5.02 Å². The molecule has 0 atom stereocenters. The second-order valence-electron chi connectivity index (χ2n) is 5.72. The highest BCUT2D eigenvalue weighted by Crippen LogP contribution is 2.19. The molecule has 3 rings (SSSR count). The van der Waals surface area contributed by atoms with Crippen molar-refractivity contribution < 1.29 is 4.39 Å². The number of hydrogen-bond acceptors (Lipinski definition) is 3. The number of aromatic nitrogens is 1. The quantitative estimate of drug-likeness (QED) is 0.494. The lowest BCUT2D eigenvalue weighted by Gasteiger charge is -2.11. The lowest BCUT2D eigenvalue weighted by Crippen LogP contribution is -2.28. The highest BCUT2D eigenvalue weighted by molar-refractivity contribution is 7.07. The molecule has 0 aliphatic carbocycles. The lowest BCUT2D eigenvalue weighted by molar-refractivity contribution is 0.628. The van der Waals surface area contributed by atoms with E-state index in [1.54, 1.807) is 16.1 Å². The van der Waals surface area contributed by atoms with Crippen molar-refractivity contribution in [1.82, 2.24) is 3.96 Å². The second-order valence-corrected chi connectivity index (χ2v) is 7.32. The van der Waals surface area contributed by atoms with Crippen LogP contribution in [0.3, 0.4) is 0 Å². The number of halogens is 2. The number of nitrogens with one attached hydrogen (secondary N) is 2. The van der Waals surface area contributed by atoms with Gasteiger partial charge in [0.2, 0.25) is 5.96 Å². The maximum atomic E-state index is 13.4. The molecule has 0 amide bonds. The summed E-state index contributed by atoms with van der Waals surface area (Å²) in [7, 11) is 0. The molecule has 0 saturated carbocycles. The van der Waals surface area contributed by atoms with E-state index < -0.39 is 5.82 Å². The first-order valence-electron chi connectivity index (χ1n) is 8.08. The Hall–Kier alpha value is -2.44. The summed E-state index contributed by atoms with van der Waals surface area (Å²) >= 11 is 7.29. The molecule has 0 unspecified atom stereocenters. The summed E-state index contributed by atoms with van der Waals surface area (Å²) in [5, 5.41) is 11.3. The molecule has 1 aromatic heterocycles. The van der Waals surface area contributed by atoms with Gasteiger partial charge < -0.3 is 5.32 Å². The zero-order valence-corrected chi connectivity index (χ0v) is 15.7. The summed E-state index contributed by atoms with van der Waals surface area (Å²) in [6.45, 7) is 2.50. The Bertz CT molecular complexity index is 979. The minimum Gasteiger partial charge on any atom is -0.325 e. The molecule has 0 fully saturated rings. The molecule has 0 aliphatic rings. The molecule has 0 bridgehead atoms. The minimum atomic E-state index is -0.472. The minimum absolute atomic E-state index is 0.0390. The predicted octanol–water partition coefficient (Wildman–Crippen LogP) is 4.69. The van der Waals surface area contributed by atoms with Gasteiger partial charge >= 0.3 is 0 Å². The summed E-state index contributed by atoms with van der Waals surface area (Å²) in [4.78, 5) is 5.64. The van der Waals surface area contributed by atoms with E-state index in [1.165, 1.54) is 29.2 Å². The second kappa shape index (κ2) is 8.29. The fraction of sp³-hybridized carbons (Fsp3) is 0.158. The molecule has 2 N–H and O–H groups in total. The van der Waals surface area contributed by atoms with E-state index in [1.807, 2.05) is 25.1 Å². The van der Waals surface area contributed by atoms with Crippen LogP contribution in [0.25, 0.3) is 0 Å². The lowest BCUT2D eigenvalue weighted by atomic mass is 10.2. The Kier molecular flexibility index (Phi) is 5.85. The van der Waals surface area contributed by atoms with E-state index in [4.69, 9.17) is 17.0 Å². The molecule has 3 aromatic rings. The van der Waals surface area contributed by atoms with Crippen molar-refractivity contribution in [3.05, 3.63) is 81.4 Å². The van der Waals surface area contributed by atoms with E-state index in [0.717, 1.165) is 11.3 Å². The molecule has 2 aromatic carbocycles. The molecule has 0 aliphatic heterocycles. The first-order valence-corrected chi connectivity index (χ1v) is 9.23. The number of aryl methyl sites for hydroxylation is 1. The summed E-state index contributed by atoms with van der Waals surface area (Å²) in [6, 6.07) is 16.3. The van der Waals surface area contributed by atoms with Crippen molar-refractivity contribution in [3.63, 3.8) is 0 Å². The number of hydrogen-bond donors (Lipinski definition) is 2. The molecule has 7 heteroatoms. The molecule has 4 nitrogen and oxygen atoms in total. The number of aliphatic imine (C=N–C) groups is 1. The van der Waals surface area contributed by atoms with Crippen molar-refractivity contribution in [2.45, 2.75) is 13.3 Å². The van der Waals surface area contributed by atoms with Crippen LogP contribution in [0.5, 0.6) is 0 Å². The maximum Gasteiger partial charge on any atom is 0.218 e. The predicted molar refractivity (Wildman–Crippen MR) is 106 cm³/mol. The van der Waals surface area contributed by atoms with Crippen molar-refractivity contribution in [2.24, 2.45) is 4.99 Å². The Morgan fingerprint density at radius 1 is 1.23 bits per heavy atom. The molecule has 0 spiro atoms. The molecule has 134 valence electrons. The molecule has 0 radical (unpaired) electrons. The number of anilines is 1. The number of benzene rings is 2. The van der Waals surface area contributed by atoms with Gasteiger partial charge in [0.25, 0.3) is 0 Å². The zero-order chi connectivity index (χ0) is 18.5. The molecule has 0 saturated heterocycles. The van der Waals surface area contributed by atoms with Gasteiger partial charge in [0, 0.05) is 17.1 Å². The summed E-state index contributed by atoms with van der Waals surface area (Å²) in [6.07, 6.45) is 0.786. The van der Waals surface area contributed by atoms with Crippen molar-refractivity contribution in [3.8, 4) is 0 Å². The van der Waals surface area contributed by atoms with Gasteiger partial charge in [0.15, 0.2) is 0 Å². The standard InChI is InChI=1S/C19H18ClFN4S/c1-13-11-18(22)25(26-13)19(23-10-9-14-5-3-2-4-6-14)24-15-7-8-17(21)16(20)12-15/h2-8,11-12,22H,9-10H2,1H3,(H,23,24). The third-order valence-corrected chi connectivity index (χ3v) is 4.91. The fourth-order valence-electron chi connectivity index (χ4n) is 2.42. The van der Waals surface area contributed by atoms with Gasteiger partial charge in [-0.1, -0.05) is 53.5 Å². The third-order valence-electron chi connectivity index (χ3n) is 3.67. The van der Waals surface area contributed by atoms with Crippen LogP contribution >= 0.6 is 23.1 Å². The van der Waals surface area contributed by atoms with Crippen molar-refractivity contribution in [1.29, 1.82) is 5.41 Å². The molecular formula is C19H18ClFN4S. The number of nitrogens with zero attached hydrogens (tertiary/aromatic N) is 2. The molecular weight excluding hydrogens is 371 g/mol. The number of rotatable bonds is 4. The van der Waals surface area contributed by atoms with E-state index >= 15 is 0 Å². The fourth-order valence-corrected chi connectivity index (χ4v) is 3.39. The molecule has 1 heterocycles. The SMILES string of the molecule is Cc1cc(=N)n(C(=NCCc2ccccc2)Nc2ccc(F)c(Cl)c2)s1. The summed E-state index contributed by atoms with van der Waals surface area (Å²) < 4.78 is 15.1. The largest absolute Gasteiger partial charge is 0.325 e. The van der Waals surface area contributed by atoms with Crippen molar-refractivity contribution in [2.75, 3.05) is 11.9 Å². The van der Waals surface area contributed by atoms with Crippen LogP contribution in [0.4, 0.5) is 10.1 Å². The topological polar surface area (TPSA) is 53.2 Å². The Labute approximate surface area is 160 Å². The van der Waals surface area contributed by atoms with Crippen LogP contribution in [-0.2, 0) is 6.42 Å². The van der Waals surface area contributed by atoms with Crippen LogP contribution in [0.1, 0.15) is 10.4 Å². The van der Waals surface area contributed by atoms with E-state index in [9.17, 15) is 4.39 Å². The average Bonchev–Trinajstić information content (AvgIpc) is 2.96. The van der Waals surface area contributed by atoms with Crippen LogP contribution in [0, 0.1) is 18.2 Å². The van der Waals surface area contributed by atoms with Crippen molar-refractivity contribution >= 4 is 34.8 Å². The Balaban J connectivity index is 1.86. The van der Waals surface area contributed by atoms with Gasteiger partial charge in [-0.3, -0.25) is 10.4 Å². The highest BCUT2D eigenvalue weighted by Gasteiger charge is 2.09. The highest BCUT2D eigenvalue weighted by atomic mass is 35.5. The Morgan fingerprint density at radius 3 is 2.65 bits per heavy atom. The third kappa shape index (κ3) is 4.59. The van der Waals surface area contributed by atoms with Crippen LogP contribution < -0.4 is 10.8 Å². The Morgan fingerprint density at radius 2 is 2.00 bits per heavy atom. The van der Waals surface area contributed by atoms with E-state index in [0.29, 0.717) is 23.7 Å². The van der Waals surface area contributed by atoms with E-state index in [2.05, 4.69) is 22.4 Å². The van der Waals surface area contributed by atoms with E-state index in [-0.39, 0.29) is 5.02 Å². The van der Waals surface area contributed by atoms with Gasteiger partial charge in [-0.05, 0) is 43.2 Å². The smallest absolute Gasteiger partial charge is 0.218 e. The first kappa shape index (κ1) is 18.4. The zero-order valence-electron chi connectivity index (χ0n) is 14.2. The molecule has 26 heavy (non-hydrogen) atoms. The van der Waals surface area contributed by atoms with Gasteiger partial charge in [-0.2, -0.15) is 0 Å². The first-order chi connectivity index (χ1) is 12.5. The van der Waals surface area contributed by atoms with Gasteiger partial charge in [0.1, 0.15) is 11.3 Å². The van der Waals surface area contributed by atoms with Crippen LogP contribution in [-0.4, -0.2) is 16.5 Å². The van der Waals surface area contributed by atoms with Gasteiger partial charge in [0.05, 0.1) is 5.02 Å². The summed E-state index contributed by atoms with van der Waals surface area (Å²) in [5.41, 5.74) is 2.15. The van der Waals surface area contributed by atoms with Crippen LogP contribution in [0.15, 0.2) is 59.6 Å². The monoisotopic (exact) mass is 388 g/mol. The van der Waals surface area contributed by atoms with Gasteiger partial charge in [-0.25, -0.2) is 8.35 Å².